The van der Waals surface area contributed by atoms with Crippen LogP contribution in [0.1, 0.15) is 15.9 Å². The molecular formula is C22H23N3O5S. The minimum absolute atomic E-state index is 0.0471. The second-order valence-corrected chi connectivity index (χ2v) is 8.18. The van der Waals surface area contributed by atoms with Gasteiger partial charge in [0.2, 0.25) is 0 Å². The molecule has 3 rings (SSSR count). The molecule has 1 heterocycles. The van der Waals surface area contributed by atoms with Crippen LogP contribution in [-0.4, -0.2) is 40.1 Å². The van der Waals surface area contributed by atoms with Crippen LogP contribution in [-0.2, 0) is 16.4 Å². The van der Waals surface area contributed by atoms with E-state index in [0.717, 1.165) is 11.3 Å². The lowest BCUT2D eigenvalue weighted by Crippen LogP contribution is -2.28. The van der Waals surface area contributed by atoms with Gasteiger partial charge in [-0.05, 0) is 30.2 Å². The van der Waals surface area contributed by atoms with Crippen LogP contribution in [0, 0.1) is 0 Å². The number of sulfonamides is 1. The van der Waals surface area contributed by atoms with Crippen molar-refractivity contribution < 1.29 is 22.7 Å². The average molecular weight is 442 g/mol. The van der Waals surface area contributed by atoms with Gasteiger partial charge in [-0.2, -0.15) is 0 Å². The highest BCUT2D eigenvalue weighted by Crippen LogP contribution is 2.22. The Bertz CT molecular complexity index is 1170. The van der Waals surface area contributed by atoms with Crippen molar-refractivity contribution in [2.24, 2.45) is 0 Å². The third-order valence-corrected chi connectivity index (χ3v) is 5.93. The van der Waals surface area contributed by atoms with Crippen LogP contribution in [0.4, 0.5) is 5.69 Å². The van der Waals surface area contributed by atoms with Crippen molar-refractivity contribution in [1.82, 2.24) is 10.3 Å². The first-order valence-corrected chi connectivity index (χ1v) is 10.9. The fourth-order valence-corrected chi connectivity index (χ4v) is 4.24. The predicted molar refractivity (Wildman–Crippen MR) is 117 cm³/mol. The zero-order chi connectivity index (χ0) is 22.3. The van der Waals surface area contributed by atoms with Gasteiger partial charge in [-0.15, -0.1) is 0 Å². The number of ether oxygens (including phenoxy) is 2. The minimum atomic E-state index is -4.03. The van der Waals surface area contributed by atoms with Gasteiger partial charge in [0.25, 0.3) is 15.9 Å². The van der Waals surface area contributed by atoms with Crippen LogP contribution < -0.4 is 19.5 Å². The summed E-state index contributed by atoms with van der Waals surface area (Å²) in [4.78, 5) is 16.5. The Morgan fingerprint density at radius 2 is 1.74 bits per heavy atom. The predicted octanol–water partition coefficient (Wildman–Crippen LogP) is 2.87. The first-order valence-electron chi connectivity index (χ1n) is 9.45. The molecule has 8 nitrogen and oxygen atoms in total. The van der Waals surface area contributed by atoms with Gasteiger partial charge in [-0.25, -0.2) is 8.42 Å². The maximum Gasteiger partial charge on any atom is 0.262 e. The summed E-state index contributed by atoms with van der Waals surface area (Å²) < 4.78 is 38.7. The van der Waals surface area contributed by atoms with Gasteiger partial charge < -0.3 is 14.8 Å². The first kappa shape index (κ1) is 22.1. The molecule has 0 aliphatic carbocycles. The first-order chi connectivity index (χ1) is 14.9. The molecule has 2 aromatic carbocycles. The highest BCUT2D eigenvalue weighted by atomic mass is 32.2. The molecule has 0 saturated carbocycles. The van der Waals surface area contributed by atoms with Crippen LogP contribution in [0.2, 0.25) is 0 Å². The molecule has 3 aromatic rings. The Hall–Kier alpha value is -3.59. The summed E-state index contributed by atoms with van der Waals surface area (Å²) in [6, 6.07) is 15.0. The molecular weight excluding hydrogens is 418 g/mol. The molecule has 0 unspecified atom stereocenters. The smallest absolute Gasteiger partial charge is 0.262 e. The normalized spacial score (nSPS) is 10.9. The van der Waals surface area contributed by atoms with E-state index in [1.807, 2.05) is 24.3 Å². The molecule has 1 aromatic heterocycles. The van der Waals surface area contributed by atoms with Gasteiger partial charge in [0, 0.05) is 12.6 Å². The van der Waals surface area contributed by atoms with Crippen molar-refractivity contribution in [3.05, 3.63) is 78.1 Å². The number of para-hydroxylation sites is 1. The van der Waals surface area contributed by atoms with E-state index in [1.165, 1.54) is 37.7 Å². The Kier molecular flexibility index (Phi) is 7.09. The van der Waals surface area contributed by atoms with Crippen molar-refractivity contribution in [3.8, 4) is 11.5 Å². The van der Waals surface area contributed by atoms with Gasteiger partial charge >= 0.3 is 0 Å². The molecule has 162 valence electrons. The number of benzene rings is 2. The van der Waals surface area contributed by atoms with E-state index >= 15 is 0 Å². The van der Waals surface area contributed by atoms with Crippen LogP contribution in [0.15, 0.2) is 71.9 Å². The van der Waals surface area contributed by atoms with Crippen LogP contribution in [0.25, 0.3) is 0 Å². The number of nitrogens with zero attached hydrogens (tertiary/aromatic N) is 1. The van der Waals surface area contributed by atoms with Gasteiger partial charge in [0.05, 0.1) is 37.9 Å². The maximum atomic E-state index is 12.9. The van der Waals surface area contributed by atoms with E-state index in [2.05, 4.69) is 15.0 Å². The van der Waals surface area contributed by atoms with E-state index in [9.17, 15) is 13.2 Å². The summed E-state index contributed by atoms with van der Waals surface area (Å²) in [5, 5.41) is 2.77. The maximum absolute atomic E-state index is 12.9. The quantitative estimate of drug-likeness (QED) is 0.529. The number of aromatic nitrogens is 1. The highest BCUT2D eigenvalue weighted by molar-refractivity contribution is 7.92. The number of hydrogen-bond acceptors (Lipinski definition) is 6. The Morgan fingerprint density at radius 3 is 2.52 bits per heavy atom. The molecule has 31 heavy (non-hydrogen) atoms. The van der Waals surface area contributed by atoms with E-state index in [1.54, 1.807) is 19.2 Å². The van der Waals surface area contributed by atoms with Crippen molar-refractivity contribution in [1.29, 1.82) is 0 Å². The zero-order valence-electron chi connectivity index (χ0n) is 17.2. The molecule has 0 aliphatic rings. The zero-order valence-corrected chi connectivity index (χ0v) is 18.0. The summed E-state index contributed by atoms with van der Waals surface area (Å²) >= 11 is 0. The van der Waals surface area contributed by atoms with E-state index in [4.69, 9.17) is 9.47 Å². The van der Waals surface area contributed by atoms with Gasteiger partial charge in [0.15, 0.2) is 0 Å². The number of nitrogens with one attached hydrogen (secondary N) is 2. The SMILES string of the molecule is COc1cncc(NS(=O)(=O)c2ccccc2C(=O)NCCc2ccccc2OC)c1. The fraction of sp³-hybridized carbons (Fsp3) is 0.182. The summed E-state index contributed by atoms with van der Waals surface area (Å²) in [6.45, 7) is 0.320. The number of amides is 1. The van der Waals surface area contributed by atoms with Gasteiger partial charge in [-0.1, -0.05) is 30.3 Å². The second kappa shape index (κ2) is 9.94. The van der Waals surface area contributed by atoms with E-state index in [0.29, 0.717) is 18.7 Å². The summed E-state index contributed by atoms with van der Waals surface area (Å²) in [5.41, 5.74) is 1.22. The summed E-state index contributed by atoms with van der Waals surface area (Å²) in [5.74, 6) is 0.651. The largest absolute Gasteiger partial charge is 0.496 e. The number of carbonyl (C=O) groups excluding carboxylic acids is 1. The molecule has 0 aliphatic heterocycles. The third-order valence-electron chi connectivity index (χ3n) is 4.49. The third kappa shape index (κ3) is 5.52. The number of anilines is 1. The monoisotopic (exact) mass is 441 g/mol. The number of methoxy groups -OCH3 is 2. The molecule has 1 amide bonds. The van der Waals surface area contributed by atoms with Crippen molar-refractivity contribution in [2.45, 2.75) is 11.3 Å². The summed E-state index contributed by atoms with van der Waals surface area (Å²) in [6.07, 6.45) is 3.36. The van der Waals surface area contributed by atoms with Crippen LogP contribution in [0.5, 0.6) is 11.5 Å². The number of rotatable bonds is 9. The molecule has 2 N–H and O–H groups in total. The lowest BCUT2D eigenvalue weighted by molar-refractivity contribution is 0.0950. The molecule has 0 radical (unpaired) electrons. The molecule has 0 saturated heterocycles. The minimum Gasteiger partial charge on any atom is -0.496 e. The standard InChI is InChI=1S/C22H23N3O5S/c1-29-18-13-17(14-23-15-18)25-31(27,28)21-10-6-4-8-19(21)22(26)24-12-11-16-7-3-5-9-20(16)30-2/h3-10,13-15,25H,11-12H2,1-2H3,(H,24,26). The molecule has 0 bridgehead atoms. The average Bonchev–Trinajstić information content (AvgIpc) is 2.79. The number of carbonyl (C=O) groups is 1. The van der Waals surface area contributed by atoms with Gasteiger partial charge in [0.1, 0.15) is 16.4 Å². The van der Waals surface area contributed by atoms with E-state index < -0.39 is 15.9 Å². The number of hydrogen-bond donors (Lipinski definition) is 2. The van der Waals surface area contributed by atoms with E-state index in [-0.39, 0.29) is 16.1 Å². The molecule has 9 heteroatoms. The van der Waals surface area contributed by atoms with Crippen molar-refractivity contribution in [2.75, 3.05) is 25.5 Å². The lowest BCUT2D eigenvalue weighted by atomic mass is 10.1. The van der Waals surface area contributed by atoms with Crippen LogP contribution >= 0.6 is 0 Å². The van der Waals surface area contributed by atoms with Gasteiger partial charge in [-0.3, -0.25) is 14.5 Å². The number of pyridine rings is 1. The van der Waals surface area contributed by atoms with Crippen molar-refractivity contribution in [3.63, 3.8) is 0 Å². The second-order valence-electron chi connectivity index (χ2n) is 6.53. The molecule has 0 atom stereocenters. The fourth-order valence-electron chi connectivity index (χ4n) is 3.00. The Morgan fingerprint density at radius 1 is 1.00 bits per heavy atom. The highest BCUT2D eigenvalue weighted by Gasteiger charge is 2.22. The van der Waals surface area contributed by atoms with Crippen molar-refractivity contribution >= 4 is 21.6 Å². The molecule has 0 fully saturated rings. The Labute approximate surface area is 181 Å². The van der Waals surface area contributed by atoms with Crippen LogP contribution in [0.3, 0.4) is 0 Å². The molecule has 0 spiro atoms. The lowest BCUT2D eigenvalue weighted by Gasteiger charge is -2.13. The topological polar surface area (TPSA) is 107 Å². The Balaban J connectivity index is 1.75. The summed E-state index contributed by atoms with van der Waals surface area (Å²) in [7, 11) is -0.983.